The van der Waals surface area contributed by atoms with Gasteiger partial charge < -0.3 is 9.47 Å². The molecule has 12 nitrogen and oxygen atoms in total. The normalized spacial score (nSPS) is 18.2. The molecule has 2 saturated heterocycles. The van der Waals surface area contributed by atoms with Gasteiger partial charge >= 0.3 is 12.2 Å². The monoisotopic (exact) mass is 858 g/mol. The van der Waals surface area contributed by atoms with Crippen LogP contribution in [-0.4, -0.2) is 75.9 Å². The molecule has 4 heterocycles. The van der Waals surface area contributed by atoms with E-state index in [1.54, 1.807) is 38.4 Å². The van der Waals surface area contributed by atoms with Crippen LogP contribution < -0.4 is 9.80 Å². The summed E-state index contributed by atoms with van der Waals surface area (Å²) >= 11 is 0. The fourth-order valence-corrected chi connectivity index (χ4v) is 12.5. The van der Waals surface area contributed by atoms with E-state index in [1.807, 2.05) is 110 Å². The summed E-state index contributed by atoms with van der Waals surface area (Å²) in [6.07, 6.45) is 1.54. The second-order valence-corrected chi connectivity index (χ2v) is 19.6. The van der Waals surface area contributed by atoms with Gasteiger partial charge in [0.25, 0.3) is 0 Å². The zero-order chi connectivity index (χ0) is 42.3. The molecule has 10 rings (SSSR count). The Morgan fingerprint density at radius 3 is 1.49 bits per heavy atom. The van der Waals surface area contributed by atoms with Crippen molar-refractivity contribution in [3.8, 4) is 0 Å². The zero-order valence-corrected chi connectivity index (χ0v) is 35.4. The Balaban J connectivity index is 0.000000156. The second-order valence-electron chi connectivity index (χ2n) is 15.8. The number of piperidine rings is 2. The number of aryl methyl sites for hydroxylation is 1. The highest BCUT2D eigenvalue weighted by Crippen LogP contribution is 2.37. The second kappa shape index (κ2) is 16.6. The van der Waals surface area contributed by atoms with E-state index in [9.17, 15) is 26.4 Å². The number of carbonyl (C=O) groups is 2. The number of ether oxygens (including phenoxy) is 2. The van der Waals surface area contributed by atoms with Crippen molar-refractivity contribution in [2.24, 2.45) is 0 Å². The highest BCUT2D eigenvalue weighted by Gasteiger charge is 2.39. The fourth-order valence-electron chi connectivity index (χ4n) is 9.13. The first-order chi connectivity index (χ1) is 29.5. The molecule has 2 amide bonds. The molecule has 4 aliphatic rings. The van der Waals surface area contributed by atoms with E-state index in [1.165, 1.54) is 4.31 Å². The summed E-state index contributed by atoms with van der Waals surface area (Å²) in [5, 5.41) is 3.27. The Labute approximate surface area is 356 Å². The number of cyclic esters (lactones) is 2. The van der Waals surface area contributed by atoms with E-state index in [-0.39, 0.29) is 37.5 Å². The predicted molar refractivity (Wildman–Crippen MR) is 234 cm³/mol. The number of sulfonamides is 2. The molecule has 0 atom stereocenters. The van der Waals surface area contributed by atoms with Crippen molar-refractivity contribution in [2.75, 3.05) is 36.0 Å². The first-order valence-corrected chi connectivity index (χ1v) is 23.4. The molecule has 6 aromatic carbocycles. The average Bonchev–Trinajstić information content (AvgIpc) is 3.29. The van der Waals surface area contributed by atoms with Gasteiger partial charge in [0.15, 0.2) is 0 Å². The van der Waals surface area contributed by atoms with Gasteiger partial charge in [-0.1, -0.05) is 109 Å². The molecule has 0 aromatic heterocycles. The maximum atomic E-state index is 13.4. The topological polar surface area (TPSA) is 134 Å². The van der Waals surface area contributed by atoms with Crippen molar-refractivity contribution < 1.29 is 35.9 Å². The van der Waals surface area contributed by atoms with Gasteiger partial charge in [-0.2, -0.15) is 8.61 Å². The van der Waals surface area contributed by atoms with Crippen LogP contribution in [0.4, 0.5) is 21.0 Å². The Bertz CT molecular complexity index is 2860. The lowest BCUT2D eigenvalue weighted by molar-refractivity contribution is 0.135. The van der Waals surface area contributed by atoms with Crippen molar-refractivity contribution in [3.05, 3.63) is 144 Å². The van der Waals surface area contributed by atoms with Crippen LogP contribution >= 0.6 is 0 Å². The number of benzene rings is 6. The molecule has 61 heavy (non-hydrogen) atoms. The van der Waals surface area contributed by atoms with Crippen LogP contribution in [0.5, 0.6) is 0 Å². The van der Waals surface area contributed by atoms with Crippen molar-refractivity contribution in [3.63, 3.8) is 0 Å². The third-order valence-corrected chi connectivity index (χ3v) is 16.1. The number of hydrogen-bond donors (Lipinski definition) is 0. The summed E-state index contributed by atoms with van der Waals surface area (Å²) in [5.41, 5.74) is 4.77. The van der Waals surface area contributed by atoms with E-state index in [0.29, 0.717) is 61.7 Å². The number of carbonyl (C=O) groups excluding carboxylic acids is 2. The lowest BCUT2D eigenvalue weighted by Gasteiger charge is -2.40. The first-order valence-electron chi connectivity index (χ1n) is 20.6. The van der Waals surface area contributed by atoms with Crippen molar-refractivity contribution in [1.82, 2.24) is 8.61 Å². The van der Waals surface area contributed by atoms with E-state index in [0.717, 1.165) is 49.6 Å². The Hall–Kier alpha value is -5.80. The molecule has 0 spiro atoms. The van der Waals surface area contributed by atoms with Gasteiger partial charge in [-0.3, -0.25) is 9.80 Å². The molecule has 314 valence electrons. The summed E-state index contributed by atoms with van der Waals surface area (Å²) in [4.78, 5) is 29.2. The minimum Gasteiger partial charge on any atom is -0.444 e. The van der Waals surface area contributed by atoms with Crippen LogP contribution in [0.25, 0.3) is 21.5 Å². The van der Waals surface area contributed by atoms with Crippen LogP contribution in [0.3, 0.4) is 0 Å². The summed E-state index contributed by atoms with van der Waals surface area (Å²) in [5.74, 6) is 0. The van der Waals surface area contributed by atoms with E-state index in [4.69, 9.17) is 9.47 Å². The van der Waals surface area contributed by atoms with Crippen LogP contribution in [0, 0.1) is 6.92 Å². The Morgan fingerprint density at radius 1 is 0.492 bits per heavy atom. The van der Waals surface area contributed by atoms with Crippen LogP contribution in [0.2, 0.25) is 0 Å². The van der Waals surface area contributed by atoms with Crippen LogP contribution in [0.15, 0.2) is 137 Å². The van der Waals surface area contributed by atoms with Gasteiger partial charge in [0.05, 0.1) is 21.2 Å². The summed E-state index contributed by atoms with van der Waals surface area (Å²) in [6, 6.07) is 39.2. The quantitative estimate of drug-likeness (QED) is 0.163. The molecule has 0 radical (unpaired) electrons. The first kappa shape index (κ1) is 40.6. The zero-order valence-electron chi connectivity index (χ0n) is 33.7. The molecular formula is C47H46N4O8S2. The molecule has 4 aliphatic heterocycles. The molecule has 0 bridgehead atoms. The highest BCUT2D eigenvalue weighted by molar-refractivity contribution is 7.89. The average molecular weight is 859 g/mol. The van der Waals surface area contributed by atoms with Crippen molar-refractivity contribution >= 4 is 65.2 Å². The minimum absolute atomic E-state index is 0.0853. The van der Waals surface area contributed by atoms with Crippen LogP contribution in [0.1, 0.15) is 42.4 Å². The van der Waals surface area contributed by atoms with E-state index >= 15 is 0 Å². The summed E-state index contributed by atoms with van der Waals surface area (Å²) in [6.45, 7) is 4.00. The number of rotatable bonds is 6. The number of hydrogen-bond acceptors (Lipinski definition) is 8. The van der Waals surface area contributed by atoms with Gasteiger partial charge in [0.1, 0.15) is 13.2 Å². The predicted octanol–water partition coefficient (Wildman–Crippen LogP) is 8.61. The Kier molecular flexibility index (Phi) is 11.0. The molecule has 2 fully saturated rings. The summed E-state index contributed by atoms with van der Waals surface area (Å²) in [7, 11) is -7.24. The number of nitrogens with zero attached hydrogens (tertiary/aromatic N) is 4. The van der Waals surface area contributed by atoms with Crippen LogP contribution in [-0.2, 0) is 42.7 Å². The lowest BCUT2D eigenvalue weighted by Crippen LogP contribution is -2.50. The van der Waals surface area contributed by atoms with Gasteiger partial charge in [-0.05, 0) is 67.1 Å². The third kappa shape index (κ3) is 7.62. The fraction of sp³-hybridized carbons (Fsp3) is 0.277. The van der Waals surface area contributed by atoms with Gasteiger partial charge in [0.2, 0.25) is 20.0 Å². The SMILES string of the molecule is Cc1cccc2c1N(C1CCN(S(=O)(=O)c3cccc4ccccc34)CC1)C(=O)OC2.O=C1OCc2ccccc2N1C1CCN(S(=O)(=O)c2cccc3ccccc23)CC1. The molecule has 6 aromatic rings. The smallest absolute Gasteiger partial charge is 0.414 e. The molecule has 14 heteroatoms. The van der Waals surface area contributed by atoms with Gasteiger partial charge in [0, 0.05) is 60.2 Å². The van der Waals surface area contributed by atoms with Crippen molar-refractivity contribution in [2.45, 2.75) is 67.7 Å². The van der Waals surface area contributed by atoms with E-state index < -0.39 is 20.0 Å². The van der Waals surface area contributed by atoms with Gasteiger partial charge in [-0.15, -0.1) is 0 Å². The highest BCUT2D eigenvalue weighted by atomic mass is 32.2. The maximum absolute atomic E-state index is 13.4. The maximum Gasteiger partial charge on any atom is 0.414 e. The third-order valence-electron chi connectivity index (χ3n) is 12.2. The Morgan fingerprint density at radius 2 is 0.918 bits per heavy atom. The van der Waals surface area contributed by atoms with E-state index in [2.05, 4.69) is 0 Å². The molecule has 0 unspecified atom stereocenters. The molecule has 0 N–H and O–H groups in total. The molecule has 0 aliphatic carbocycles. The lowest BCUT2D eigenvalue weighted by atomic mass is 10.00. The minimum atomic E-state index is -3.63. The summed E-state index contributed by atoms with van der Waals surface area (Å²) < 4.78 is 67.4. The molecular weight excluding hydrogens is 813 g/mol. The molecule has 0 saturated carbocycles. The van der Waals surface area contributed by atoms with Gasteiger partial charge in [-0.25, -0.2) is 26.4 Å². The number of anilines is 2. The standard InChI is InChI=1S/C24H24N2O4S.C23H22N2O4S/c1-17-6-4-9-19-16-30-24(27)26(23(17)19)20-12-14-25(15-13-20)31(28,29)22-11-5-8-18-7-2-3-10-21(18)22;26-23-25(21-10-4-2-7-18(21)16-29-23)19-12-14-24(15-13-19)30(27,28)22-11-5-8-17-6-1-3-9-20(17)22/h2-11,20H,12-16H2,1H3;1-11,19H,12-16H2. The number of fused-ring (bicyclic) bond motifs is 4. The number of para-hydroxylation sites is 2. The van der Waals surface area contributed by atoms with Crippen molar-refractivity contribution in [1.29, 1.82) is 0 Å². The largest absolute Gasteiger partial charge is 0.444 e. The number of amides is 2.